The van der Waals surface area contributed by atoms with Gasteiger partial charge in [0, 0.05) is 11.5 Å². The van der Waals surface area contributed by atoms with Gasteiger partial charge in [0.1, 0.15) is 11.5 Å². The van der Waals surface area contributed by atoms with Crippen molar-refractivity contribution in [2.45, 2.75) is 84.4 Å². The molecule has 0 bridgehead atoms. The summed E-state index contributed by atoms with van der Waals surface area (Å²) in [5, 5.41) is 22.9. The van der Waals surface area contributed by atoms with E-state index in [9.17, 15) is 10.2 Å². The van der Waals surface area contributed by atoms with Gasteiger partial charge in [-0.05, 0) is 44.7 Å². The summed E-state index contributed by atoms with van der Waals surface area (Å²) in [5.74, 6) is 0.790. The van der Waals surface area contributed by atoms with Gasteiger partial charge in [0.2, 0.25) is 0 Å². The first-order valence-corrected chi connectivity index (χ1v) is 13.8. The maximum atomic E-state index is 10.9. The van der Waals surface area contributed by atoms with Crippen molar-refractivity contribution in [2.75, 3.05) is 0 Å². The fourth-order valence-corrected chi connectivity index (χ4v) is 6.88. The Balaban J connectivity index is 2.33. The van der Waals surface area contributed by atoms with Gasteiger partial charge < -0.3 is 10.2 Å². The van der Waals surface area contributed by atoms with Crippen molar-refractivity contribution in [3.8, 4) is 11.5 Å². The summed E-state index contributed by atoms with van der Waals surface area (Å²) in [6.07, 6.45) is 9.34. The normalized spacial score (nSPS) is 20.4. The molecule has 0 spiro atoms. The Morgan fingerprint density at radius 2 is 1.78 bits per heavy atom. The molecule has 1 aromatic carbocycles. The first-order valence-electron chi connectivity index (χ1n) is 10.6. The summed E-state index contributed by atoms with van der Waals surface area (Å²) >= 11 is 0. The number of phenolic OH excluding ortho intramolecular Hbond substituents is 2. The lowest BCUT2D eigenvalue weighted by atomic mass is 9.74. The van der Waals surface area contributed by atoms with Crippen LogP contribution in [0, 0.1) is 5.92 Å². The van der Waals surface area contributed by atoms with Crippen LogP contribution >= 0.6 is 0 Å². The van der Waals surface area contributed by atoms with Crippen LogP contribution in [0.4, 0.5) is 0 Å². The molecule has 0 unspecified atom stereocenters. The lowest BCUT2D eigenvalue weighted by Gasteiger charge is -2.32. The molecule has 2 N–H and O–H groups in total. The SMILES string of the molecule is C=C(C)[C@@H]1CCC(C)=C[C@H]1c1c(O)cc([Si](C)(C)CCCCCC)cc1O. The van der Waals surface area contributed by atoms with Gasteiger partial charge in [-0.3, -0.25) is 0 Å². The van der Waals surface area contributed by atoms with E-state index in [0.717, 1.165) is 23.6 Å². The van der Waals surface area contributed by atoms with E-state index in [0.29, 0.717) is 5.56 Å². The first kappa shape index (κ1) is 21.8. The molecule has 0 aliphatic heterocycles. The standard InChI is InChI=1S/C24H38O2Si/c1-7-8-9-10-13-27(5,6)19-15-22(25)24(23(26)16-19)21-14-18(4)11-12-20(21)17(2)3/h14-16,20-21,25-26H,2,7-13H2,1,3-6H3/t20-,21+/m0/s1. The zero-order valence-corrected chi connectivity index (χ0v) is 18.9. The Hall–Kier alpha value is -1.48. The van der Waals surface area contributed by atoms with Crippen LogP contribution in [-0.4, -0.2) is 18.3 Å². The van der Waals surface area contributed by atoms with Crippen LogP contribution in [0.3, 0.4) is 0 Å². The zero-order chi connectivity index (χ0) is 20.2. The molecule has 27 heavy (non-hydrogen) atoms. The molecule has 1 aliphatic carbocycles. The highest BCUT2D eigenvalue weighted by molar-refractivity contribution is 6.89. The minimum absolute atomic E-state index is 0.0135. The van der Waals surface area contributed by atoms with Gasteiger partial charge in [-0.1, -0.05) is 80.7 Å². The van der Waals surface area contributed by atoms with E-state index in [1.165, 1.54) is 37.3 Å². The Kier molecular flexibility index (Phi) is 7.38. The minimum Gasteiger partial charge on any atom is -0.508 e. The number of phenols is 2. The highest BCUT2D eigenvalue weighted by Crippen LogP contribution is 2.45. The van der Waals surface area contributed by atoms with Crippen molar-refractivity contribution in [3.05, 3.63) is 41.5 Å². The van der Waals surface area contributed by atoms with E-state index < -0.39 is 8.07 Å². The number of unbranched alkanes of at least 4 members (excludes halogenated alkanes) is 3. The molecule has 2 nitrogen and oxygen atoms in total. The minimum atomic E-state index is -1.67. The van der Waals surface area contributed by atoms with Gasteiger partial charge >= 0.3 is 0 Å². The molecule has 0 amide bonds. The fourth-order valence-electron chi connectivity index (χ4n) is 4.40. The van der Waals surface area contributed by atoms with Gasteiger partial charge in [-0.15, -0.1) is 0 Å². The number of rotatable bonds is 8. The molecule has 2 atom stereocenters. The lowest BCUT2D eigenvalue weighted by Crippen LogP contribution is -2.41. The summed E-state index contributed by atoms with van der Waals surface area (Å²) in [4.78, 5) is 0. The fraction of sp³-hybridized carbons (Fsp3) is 0.583. The first-order chi connectivity index (χ1) is 12.7. The smallest absolute Gasteiger partial charge is 0.122 e. The molecule has 150 valence electrons. The van der Waals surface area contributed by atoms with Crippen molar-refractivity contribution < 1.29 is 10.2 Å². The number of hydrogen-bond acceptors (Lipinski definition) is 2. The summed E-state index contributed by atoms with van der Waals surface area (Å²) in [5.41, 5.74) is 3.13. The molecule has 0 saturated carbocycles. The largest absolute Gasteiger partial charge is 0.508 e. The summed E-state index contributed by atoms with van der Waals surface area (Å²) in [7, 11) is -1.67. The Bertz CT molecular complexity index is 679. The highest BCUT2D eigenvalue weighted by atomic mass is 28.3. The number of allylic oxidation sites excluding steroid dienone is 3. The molecule has 0 fully saturated rings. The van der Waals surface area contributed by atoms with Crippen LogP contribution in [0.25, 0.3) is 0 Å². The van der Waals surface area contributed by atoms with E-state index in [1.807, 2.05) is 12.1 Å². The molecular weight excluding hydrogens is 348 g/mol. The van der Waals surface area contributed by atoms with E-state index in [1.54, 1.807) is 0 Å². The third-order valence-corrected chi connectivity index (χ3v) is 9.74. The third kappa shape index (κ3) is 5.28. The van der Waals surface area contributed by atoms with Crippen molar-refractivity contribution in [1.82, 2.24) is 0 Å². The van der Waals surface area contributed by atoms with Gasteiger partial charge in [0.25, 0.3) is 0 Å². The number of hydrogen-bond donors (Lipinski definition) is 2. The van der Waals surface area contributed by atoms with Crippen molar-refractivity contribution in [2.24, 2.45) is 5.92 Å². The molecule has 3 heteroatoms. The van der Waals surface area contributed by atoms with Crippen LogP contribution in [0.2, 0.25) is 19.1 Å². The van der Waals surface area contributed by atoms with E-state index in [2.05, 4.69) is 46.5 Å². The van der Waals surface area contributed by atoms with Crippen molar-refractivity contribution in [3.63, 3.8) is 0 Å². The summed E-state index contributed by atoms with van der Waals surface area (Å²) in [6, 6.07) is 5.07. The van der Waals surface area contributed by atoms with Crippen LogP contribution < -0.4 is 5.19 Å². The van der Waals surface area contributed by atoms with E-state index in [-0.39, 0.29) is 23.3 Å². The number of aromatic hydroxyl groups is 2. The van der Waals surface area contributed by atoms with Gasteiger partial charge in [0.05, 0.1) is 8.07 Å². The maximum absolute atomic E-state index is 10.9. The lowest BCUT2D eigenvalue weighted by molar-refractivity contribution is 0.407. The molecule has 0 radical (unpaired) electrons. The van der Waals surface area contributed by atoms with Crippen LogP contribution in [0.15, 0.2) is 35.9 Å². The molecular formula is C24H38O2Si. The van der Waals surface area contributed by atoms with Crippen molar-refractivity contribution >= 4 is 13.3 Å². The molecule has 1 aromatic rings. The molecule has 0 saturated heterocycles. The van der Waals surface area contributed by atoms with Crippen LogP contribution in [-0.2, 0) is 0 Å². The Morgan fingerprint density at radius 1 is 1.15 bits per heavy atom. The quantitative estimate of drug-likeness (QED) is 0.300. The third-order valence-electron chi connectivity index (χ3n) is 6.29. The monoisotopic (exact) mass is 386 g/mol. The topological polar surface area (TPSA) is 40.5 Å². The van der Waals surface area contributed by atoms with E-state index in [4.69, 9.17) is 0 Å². The number of benzene rings is 1. The van der Waals surface area contributed by atoms with Gasteiger partial charge in [-0.2, -0.15) is 0 Å². The summed E-state index contributed by atoms with van der Waals surface area (Å²) in [6.45, 7) is 15.3. The summed E-state index contributed by atoms with van der Waals surface area (Å²) < 4.78 is 0. The molecule has 1 aliphatic rings. The molecule has 2 rings (SSSR count). The van der Waals surface area contributed by atoms with Crippen LogP contribution in [0.5, 0.6) is 11.5 Å². The van der Waals surface area contributed by atoms with Gasteiger partial charge in [0.15, 0.2) is 0 Å². The second kappa shape index (κ2) is 9.14. The average Bonchev–Trinajstić information content (AvgIpc) is 2.58. The molecule has 0 heterocycles. The predicted molar refractivity (Wildman–Crippen MR) is 120 cm³/mol. The second-order valence-corrected chi connectivity index (χ2v) is 14.0. The van der Waals surface area contributed by atoms with Gasteiger partial charge in [-0.25, -0.2) is 0 Å². The van der Waals surface area contributed by atoms with Crippen molar-refractivity contribution in [1.29, 1.82) is 0 Å². The maximum Gasteiger partial charge on any atom is 0.122 e. The highest BCUT2D eigenvalue weighted by Gasteiger charge is 2.32. The van der Waals surface area contributed by atoms with E-state index >= 15 is 0 Å². The Morgan fingerprint density at radius 3 is 2.33 bits per heavy atom. The zero-order valence-electron chi connectivity index (χ0n) is 17.9. The second-order valence-electron chi connectivity index (χ2n) is 9.15. The Labute approximate surface area is 167 Å². The molecule has 0 aromatic heterocycles. The van der Waals surface area contributed by atoms with Crippen LogP contribution in [0.1, 0.15) is 70.8 Å². The predicted octanol–water partition coefficient (Wildman–Crippen LogP) is 6.61. The average molecular weight is 387 g/mol.